The molecule has 3 rings (SSSR count). The maximum Gasteiger partial charge on any atom is 0.469 e. The van der Waals surface area contributed by atoms with Gasteiger partial charge in [-0.15, -0.1) is 0 Å². The maximum atomic E-state index is 12.5. The van der Waals surface area contributed by atoms with Crippen LogP contribution in [-0.4, -0.2) is 110 Å². The minimum atomic E-state index is -5.12. The minimum Gasteiger partial charge on any atom is -0.448 e. The summed E-state index contributed by atoms with van der Waals surface area (Å²) in [4.78, 5) is 36.1. The van der Waals surface area contributed by atoms with Crippen molar-refractivity contribution in [3.63, 3.8) is 0 Å². The number of aliphatic hydroxyl groups excluding tert-OH is 4. The molecule has 1 aromatic rings. The summed E-state index contributed by atoms with van der Waals surface area (Å²) >= 11 is 0. The average molecular weight is 878 g/mol. The van der Waals surface area contributed by atoms with Gasteiger partial charge in [0, 0.05) is 61.7 Å². The van der Waals surface area contributed by atoms with Crippen LogP contribution < -0.4 is 5.32 Å². The third kappa shape index (κ3) is 14.1. The van der Waals surface area contributed by atoms with Crippen molar-refractivity contribution in [1.29, 1.82) is 5.26 Å². The highest BCUT2D eigenvalue weighted by molar-refractivity contribution is 7.46. The molecule has 12 unspecified atom stereocenters. The van der Waals surface area contributed by atoms with Gasteiger partial charge in [-0.3, -0.25) is 9.32 Å². The fraction of sp³-hybridized carbons (Fsp3) is 0.659. The van der Waals surface area contributed by atoms with E-state index >= 15 is 0 Å². The molecule has 1 amide bonds. The van der Waals surface area contributed by atoms with Crippen LogP contribution in [0.1, 0.15) is 105 Å². The van der Waals surface area contributed by atoms with Crippen LogP contribution in [0.5, 0.6) is 0 Å². The number of rotatable bonds is 21. The number of carbonyl (C=O) groups is 1. The number of ether oxygens (including phenoxy) is 3. The number of oxazole rings is 1. The summed E-state index contributed by atoms with van der Waals surface area (Å²) in [6.45, 7) is 16.1. The van der Waals surface area contributed by atoms with Crippen LogP contribution in [0.15, 0.2) is 63.9 Å². The van der Waals surface area contributed by atoms with Gasteiger partial charge in [-0.2, -0.15) is 5.26 Å². The van der Waals surface area contributed by atoms with Crippen molar-refractivity contribution in [3.8, 4) is 6.07 Å². The number of phosphoric ester groups is 1. The highest BCUT2D eigenvalue weighted by Gasteiger charge is 2.68. The molecule has 0 saturated carbocycles. The van der Waals surface area contributed by atoms with Crippen molar-refractivity contribution in [2.75, 3.05) is 20.3 Å². The Balaban J connectivity index is 1.80. The second-order valence-electron chi connectivity index (χ2n) is 17.2. The summed E-state index contributed by atoms with van der Waals surface area (Å²) in [5, 5.41) is 54.7. The summed E-state index contributed by atoms with van der Waals surface area (Å²) in [6.07, 6.45) is 7.58. The number of nitrogens with one attached hydrogen (secondary N) is 1. The van der Waals surface area contributed by atoms with Crippen molar-refractivity contribution in [2.24, 2.45) is 23.2 Å². The van der Waals surface area contributed by atoms with Gasteiger partial charge in [0.1, 0.15) is 30.8 Å². The molecule has 2 aliphatic heterocycles. The first-order chi connectivity index (χ1) is 28.5. The molecule has 1 spiro atoms. The van der Waals surface area contributed by atoms with Gasteiger partial charge in [0.2, 0.25) is 5.91 Å². The summed E-state index contributed by atoms with van der Waals surface area (Å²) < 4.78 is 42.8. The third-order valence-electron chi connectivity index (χ3n) is 12.2. The molecule has 61 heavy (non-hydrogen) atoms. The molecule has 0 aromatic carbocycles. The first kappa shape index (κ1) is 52.0. The lowest BCUT2D eigenvalue weighted by atomic mass is 9.72. The van der Waals surface area contributed by atoms with Crippen LogP contribution in [0.3, 0.4) is 0 Å². The number of hydrogen-bond acceptors (Lipinski definition) is 13. The lowest BCUT2D eigenvalue weighted by Gasteiger charge is -2.50. The van der Waals surface area contributed by atoms with Crippen molar-refractivity contribution in [2.45, 2.75) is 142 Å². The van der Waals surface area contributed by atoms with Gasteiger partial charge in [0.05, 0.1) is 36.6 Å². The Bertz CT molecular complexity index is 1840. The zero-order valence-corrected chi connectivity index (χ0v) is 38.0. The monoisotopic (exact) mass is 877 g/mol. The molecule has 3 heterocycles. The summed E-state index contributed by atoms with van der Waals surface area (Å²) in [5.41, 5.74) is 1.97. The Hall–Kier alpha value is -3.30. The predicted molar refractivity (Wildman–Crippen MR) is 228 cm³/mol. The molecule has 2 aliphatic rings. The second kappa shape index (κ2) is 22.9. The van der Waals surface area contributed by atoms with Crippen molar-refractivity contribution < 1.29 is 62.7 Å². The molecule has 0 aliphatic carbocycles. The number of allylic oxidation sites excluding steroid dienone is 7. The predicted octanol–water partition coefficient (Wildman–Crippen LogP) is 5.38. The maximum absolute atomic E-state index is 12.5. The topological polar surface area (TPSA) is 254 Å². The molecule has 17 heteroatoms. The van der Waals surface area contributed by atoms with Gasteiger partial charge in [-0.1, -0.05) is 77.5 Å². The molecule has 7 N–H and O–H groups in total. The quantitative estimate of drug-likeness (QED) is 0.0465. The van der Waals surface area contributed by atoms with Crippen LogP contribution in [0.4, 0.5) is 0 Å². The Kier molecular flexibility index (Phi) is 19.5. The minimum absolute atomic E-state index is 0.0423. The van der Waals surface area contributed by atoms with Crippen molar-refractivity contribution in [3.05, 3.63) is 71.0 Å². The lowest BCUT2D eigenvalue weighted by molar-refractivity contribution is -0.334. The Morgan fingerprint density at radius 1 is 1.16 bits per heavy atom. The molecule has 0 radical (unpaired) electrons. The Morgan fingerprint density at radius 3 is 2.48 bits per heavy atom. The van der Waals surface area contributed by atoms with E-state index in [0.717, 1.165) is 16.7 Å². The fourth-order valence-electron chi connectivity index (χ4n) is 7.84. The number of aliphatic hydroxyl groups is 4. The zero-order valence-electron chi connectivity index (χ0n) is 37.1. The molecule has 16 nitrogen and oxygen atoms in total. The first-order valence-electron chi connectivity index (χ1n) is 20.8. The molecule has 2 saturated heterocycles. The van der Waals surface area contributed by atoms with Crippen molar-refractivity contribution >= 4 is 19.8 Å². The van der Waals surface area contributed by atoms with E-state index in [2.05, 4.69) is 10.3 Å². The van der Waals surface area contributed by atoms with Gasteiger partial charge in [0.15, 0.2) is 11.7 Å². The highest BCUT2D eigenvalue weighted by Crippen LogP contribution is 2.59. The third-order valence-corrected chi connectivity index (χ3v) is 12.7. The molecule has 12 atom stereocenters. The van der Waals surface area contributed by atoms with E-state index in [9.17, 15) is 34.5 Å². The zero-order chi connectivity index (χ0) is 45.9. The van der Waals surface area contributed by atoms with E-state index in [1.807, 2.05) is 78.0 Å². The molecule has 342 valence electrons. The fourth-order valence-corrected chi connectivity index (χ4v) is 8.52. The van der Waals surface area contributed by atoms with Gasteiger partial charge in [-0.05, 0) is 50.8 Å². The average Bonchev–Trinajstić information content (AvgIpc) is 3.74. The van der Waals surface area contributed by atoms with Gasteiger partial charge >= 0.3 is 7.82 Å². The summed E-state index contributed by atoms with van der Waals surface area (Å²) in [6, 6.07) is 1.99. The number of nitriles is 1. The normalized spacial score (nSPS) is 28.2. The highest BCUT2D eigenvalue weighted by atomic mass is 31.2. The number of amides is 1. The van der Waals surface area contributed by atoms with Gasteiger partial charge in [-0.25, -0.2) is 9.55 Å². The van der Waals surface area contributed by atoms with E-state index in [1.165, 1.54) is 19.4 Å². The van der Waals surface area contributed by atoms with E-state index in [0.29, 0.717) is 31.0 Å². The van der Waals surface area contributed by atoms with Crippen molar-refractivity contribution in [1.82, 2.24) is 10.3 Å². The Morgan fingerprint density at radius 2 is 1.85 bits per heavy atom. The second-order valence-corrected chi connectivity index (χ2v) is 18.4. The van der Waals surface area contributed by atoms with E-state index < -0.39 is 80.2 Å². The number of phosphoric acid groups is 1. The molecule has 2 fully saturated rings. The van der Waals surface area contributed by atoms with E-state index in [-0.39, 0.29) is 30.6 Å². The smallest absolute Gasteiger partial charge is 0.448 e. The van der Waals surface area contributed by atoms with E-state index in [1.54, 1.807) is 26.8 Å². The van der Waals surface area contributed by atoms with Crippen LogP contribution in [-0.2, 0) is 28.1 Å². The SMILES string of the molecule is COC(CC(O)C(C)C(O)C(C)C=C(C)C(C)=CC=CC(C)=CC#N)C1OC2(CC(O)C(C)C(CC=Cc3coc(C(C)CCNC(=O)CO)n3)O2)C(C)(C)C1OP(=O)(O)O. The summed E-state index contributed by atoms with van der Waals surface area (Å²) in [7, 11) is -3.73. The standard InChI is InChI=1S/C44H68N3O13P/c1-26(17-19-45)13-11-14-27(2)29(4)21-30(5)39(52)32(7)34(49)22-37(56-10)40-41(60-61(53,54)55)43(8,9)44(59-40)23-35(50)31(6)36(58-44)16-12-15-33-25-57-42(47-33)28(3)18-20-46-38(51)24-48/h11-15,17,21,25,28,30-32,34-37,39-41,48-50,52H,16,18,20,22-24H2,1-10H3,(H,46,51)(H2,53,54,55). The van der Waals surface area contributed by atoms with Crippen LogP contribution in [0, 0.1) is 34.5 Å². The molecular weight excluding hydrogens is 809 g/mol. The van der Waals surface area contributed by atoms with Gasteiger partial charge in [0.25, 0.3) is 0 Å². The first-order valence-corrected chi connectivity index (χ1v) is 22.3. The number of aromatic nitrogens is 1. The number of methoxy groups -OCH3 is 1. The molecule has 1 aromatic heterocycles. The van der Waals surface area contributed by atoms with Crippen LogP contribution >= 0.6 is 7.82 Å². The van der Waals surface area contributed by atoms with Crippen LogP contribution in [0.2, 0.25) is 0 Å². The largest absolute Gasteiger partial charge is 0.469 e. The number of nitrogens with zero attached hydrogens (tertiary/aromatic N) is 2. The lowest BCUT2D eigenvalue weighted by Crippen LogP contribution is -2.58. The number of hydrogen-bond donors (Lipinski definition) is 7. The Labute approximate surface area is 360 Å². The molecule has 0 bridgehead atoms. The molecular formula is C44H68N3O13P. The summed E-state index contributed by atoms with van der Waals surface area (Å²) in [5.74, 6) is -3.09. The number of carbonyl (C=O) groups excluding carboxylic acids is 1. The van der Waals surface area contributed by atoms with E-state index in [4.69, 9.17) is 33.5 Å². The van der Waals surface area contributed by atoms with Gasteiger partial charge < -0.3 is 54.2 Å². The van der Waals surface area contributed by atoms with Crippen LogP contribution in [0.25, 0.3) is 6.08 Å².